The normalized spacial score (nSPS) is 11.3. The molecule has 3 rings (SSSR count). The number of hydrogen-bond donors (Lipinski definition) is 1. The second-order valence-corrected chi connectivity index (χ2v) is 6.37. The fourth-order valence-electron chi connectivity index (χ4n) is 2.91. The summed E-state index contributed by atoms with van der Waals surface area (Å²) in [6, 6.07) is 14.6. The molecular weight excluding hydrogens is 304 g/mol. The van der Waals surface area contributed by atoms with Crippen molar-refractivity contribution in [2.24, 2.45) is 5.92 Å². The van der Waals surface area contributed by atoms with Gasteiger partial charge in [-0.2, -0.15) is 0 Å². The minimum Gasteiger partial charge on any atom is -0.478 e. The Morgan fingerprint density at radius 3 is 2.38 bits per heavy atom. The Bertz CT molecular complexity index is 936. The number of aromatic carboxylic acids is 1. The number of hydrogen-bond acceptors (Lipinski definition) is 2. The first-order chi connectivity index (χ1) is 11.5. The van der Waals surface area contributed by atoms with Gasteiger partial charge < -0.3 is 5.11 Å². The summed E-state index contributed by atoms with van der Waals surface area (Å²) in [5.74, 6) is -0.705. The number of carboxylic acid groups (broad SMARTS) is 1. The molecule has 5 nitrogen and oxygen atoms in total. The summed E-state index contributed by atoms with van der Waals surface area (Å²) in [5, 5.41) is 9.23. The van der Waals surface area contributed by atoms with Gasteiger partial charge in [0, 0.05) is 6.54 Å². The van der Waals surface area contributed by atoms with E-state index in [9.17, 15) is 14.7 Å². The standard InChI is InChI=1S/C19H20N2O3/c1-13(2)11-20-17-10-15(18(22)23)8-9-16(17)21(19(20)24)12-14-6-4-3-5-7-14/h3-10,13H,11-12H2,1-2H3,(H,22,23). The van der Waals surface area contributed by atoms with Gasteiger partial charge in [-0.3, -0.25) is 9.13 Å². The first-order valence-corrected chi connectivity index (χ1v) is 7.97. The molecule has 0 bridgehead atoms. The minimum atomic E-state index is -0.990. The topological polar surface area (TPSA) is 64.2 Å². The molecule has 0 saturated carbocycles. The van der Waals surface area contributed by atoms with Gasteiger partial charge >= 0.3 is 11.7 Å². The van der Waals surface area contributed by atoms with E-state index in [-0.39, 0.29) is 17.2 Å². The molecule has 0 radical (unpaired) electrons. The van der Waals surface area contributed by atoms with Gasteiger partial charge in [-0.05, 0) is 29.7 Å². The molecule has 2 aromatic carbocycles. The Balaban J connectivity index is 2.20. The molecule has 24 heavy (non-hydrogen) atoms. The summed E-state index contributed by atoms with van der Waals surface area (Å²) in [7, 11) is 0. The highest BCUT2D eigenvalue weighted by atomic mass is 16.4. The number of fused-ring (bicyclic) bond motifs is 1. The molecule has 0 aliphatic carbocycles. The van der Waals surface area contributed by atoms with Crippen molar-refractivity contribution in [3.8, 4) is 0 Å². The molecular formula is C19H20N2O3. The predicted molar refractivity (Wildman–Crippen MR) is 93.5 cm³/mol. The number of carboxylic acids is 1. The lowest BCUT2D eigenvalue weighted by molar-refractivity contribution is 0.0697. The Labute approximate surface area is 139 Å². The molecule has 1 N–H and O–H groups in total. The van der Waals surface area contributed by atoms with Crippen molar-refractivity contribution in [1.29, 1.82) is 0 Å². The van der Waals surface area contributed by atoms with Crippen molar-refractivity contribution in [3.05, 3.63) is 70.1 Å². The predicted octanol–water partition coefficient (Wildman–Crippen LogP) is 3.21. The van der Waals surface area contributed by atoms with E-state index in [1.54, 1.807) is 27.3 Å². The fraction of sp³-hybridized carbons (Fsp3) is 0.263. The Morgan fingerprint density at radius 1 is 1.04 bits per heavy atom. The largest absolute Gasteiger partial charge is 0.478 e. The van der Waals surface area contributed by atoms with E-state index in [4.69, 9.17) is 0 Å². The molecule has 0 atom stereocenters. The third-order valence-corrected chi connectivity index (χ3v) is 4.00. The fourth-order valence-corrected chi connectivity index (χ4v) is 2.91. The third kappa shape index (κ3) is 2.97. The lowest BCUT2D eigenvalue weighted by atomic mass is 10.1. The van der Waals surface area contributed by atoms with Gasteiger partial charge in [0.2, 0.25) is 0 Å². The van der Waals surface area contributed by atoms with Crippen LogP contribution < -0.4 is 5.69 Å². The van der Waals surface area contributed by atoms with Crippen molar-refractivity contribution in [1.82, 2.24) is 9.13 Å². The maximum atomic E-state index is 12.9. The SMILES string of the molecule is CC(C)Cn1c(=O)n(Cc2ccccc2)c2ccc(C(=O)O)cc21. The highest BCUT2D eigenvalue weighted by Crippen LogP contribution is 2.18. The Kier molecular flexibility index (Phi) is 4.25. The van der Waals surface area contributed by atoms with Gasteiger partial charge in [0.25, 0.3) is 0 Å². The molecule has 0 aliphatic heterocycles. The van der Waals surface area contributed by atoms with Gasteiger partial charge in [0.15, 0.2) is 0 Å². The summed E-state index contributed by atoms with van der Waals surface area (Å²) < 4.78 is 3.38. The lowest BCUT2D eigenvalue weighted by Crippen LogP contribution is -2.26. The van der Waals surface area contributed by atoms with Crippen molar-refractivity contribution in [2.45, 2.75) is 26.9 Å². The van der Waals surface area contributed by atoms with Crippen LogP contribution in [-0.2, 0) is 13.1 Å². The van der Waals surface area contributed by atoms with Crippen LogP contribution in [0.5, 0.6) is 0 Å². The lowest BCUT2D eigenvalue weighted by Gasteiger charge is -2.06. The Morgan fingerprint density at radius 2 is 1.75 bits per heavy atom. The zero-order chi connectivity index (χ0) is 17.3. The molecule has 1 heterocycles. The van der Waals surface area contributed by atoms with Gasteiger partial charge in [0.05, 0.1) is 23.1 Å². The third-order valence-electron chi connectivity index (χ3n) is 4.00. The molecule has 0 aliphatic rings. The summed E-state index contributed by atoms with van der Waals surface area (Å²) >= 11 is 0. The second-order valence-electron chi connectivity index (χ2n) is 6.37. The van der Waals surface area contributed by atoms with Gasteiger partial charge in [-0.15, -0.1) is 0 Å². The van der Waals surface area contributed by atoms with Crippen LogP contribution in [0.3, 0.4) is 0 Å². The number of nitrogens with zero attached hydrogens (tertiary/aromatic N) is 2. The number of benzene rings is 2. The average Bonchev–Trinajstić information content (AvgIpc) is 2.80. The zero-order valence-electron chi connectivity index (χ0n) is 13.8. The van der Waals surface area contributed by atoms with Gasteiger partial charge in [-0.25, -0.2) is 9.59 Å². The maximum absolute atomic E-state index is 12.9. The highest BCUT2D eigenvalue weighted by molar-refractivity contribution is 5.92. The maximum Gasteiger partial charge on any atom is 0.335 e. The molecule has 1 aromatic heterocycles. The van der Waals surface area contributed by atoms with Crippen molar-refractivity contribution < 1.29 is 9.90 Å². The van der Waals surface area contributed by atoms with Crippen molar-refractivity contribution in [3.63, 3.8) is 0 Å². The molecule has 0 saturated heterocycles. The zero-order valence-corrected chi connectivity index (χ0v) is 13.8. The number of imidazole rings is 1. The molecule has 0 unspecified atom stereocenters. The van der Waals surface area contributed by atoms with E-state index < -0.39 is 5.97 Å². The van der Waals surface area contributed by atoms with Crippen LogP contribution in [0.4, 0.5) is 0 Å². The molecule has 124 valence electrons. The molecule has 0 amide bonds. The van der Waals surface area contributed by atoms with E-state index >= 15 is 0 Å². The summed E-state index contributed by atoms with van der Waals surface area (Å²) in [5.41, 5.74) is 2.55. The van der Waals surface area contributed by atoms with Crippen LogP contribution in [0.2, 0.25) is 0 Å². The molecule has 0 spiro atoms. The van der Waals surface area contributed by atoms with Crippen LogP contribution in [-0.4, -0.2) is 20.2 Å². The second kappa shape index (κ2) is 6.35. The number of carbonyl (C=O) groups is 1. The first kappa shape index (κ1) is 16.1. The highest BCUT2D eigenvalue weighted by Gasteiger charge is 2.16. The van der Waals surface area contributed by atoms with Crippen LogP contribution in [0.1, 0.15) is 29.8 Å². The number of aromatic nitrogens is 2. The summed E-state index contributed by atoms with van der Waals surface area (Å²) in [4.78, 5) is 24.2. The van der Waals surface area contributed by atoms with Crippen LogP contribution >= 0.6 is 0 Å². The summed E-state index contributed by atoms with van der Waals surface area (Å²) in [6.07, 6.45) is 0. The minimum absolute atomic E-state index is 0.106. The van der Waals surface area contributed by atoms with Crippen LogP contribution in [0.15, 0.2) is 53.3 Å². The van der Waals surface area contributed by atoms with Crippen LogP contribution in [0, 0.1) is 5.92 Å². The number of rotatable bonds is 5. The van der Waals surface area contributed by atoms with Gasteiger partial charge in [-0.1, -0.05) is 44.2 Å². The smallest absolute Gasteiger partial charge is 0.335 e. The monoisotopic (exact) mass is 324 g/mol. The van der Waals surface area contributed by atoms with Crippen molar-refractivity contribution >= 4 is 17.0 Å². The van der Waals surface area contributed by atoms with Crippen LogP contribution in [0.25, 0.3) is 11.0 Å². The Hall–Kier alpha value is -2.82. The molecule has 3 aromatic rings. The van der Waals surface area contributed by atoms with E-state index in [0.29, 0.717) is 18.6 Å². The average molecular weight is 324 g/mol. The quantitative estimate of drug-likeness (QED) is 0.784. The van der Waals surface area contributed by atoms with Gasteiger partial charge in [0.1, 0.15) is 0 Å². The first-order valence-electron chi connectivity index (χ1n) is 7.97. The van der Waals surface area contributed by atoms with E-state index in [1.807, 2.05) is 44.2 Å². The van der Waals surface area contributed by atoms with Crippen molar-refractivity contribution in [2.75, 3.05) is 0 Å². The summed E-state index contributed by atoms with van der Waals surface area (Å²) in [6.45, 7) is 5.09. The van der Waals surface area contributed by atoms with E-state index in [2.05, 4.69) is 0 Å². The molecule has 0 fully saturated rings. The molecule has 5 heteroatoms. The van der Waals surface area contributed by atoms with E-state index in [0.717, 1.165) is 11.1 Å². The van der Waals surface area contributed by atoms with E-state index in [1.165, 1.54) is 0 Å².